The van der Waals surface area contributed by atoms with E-state index in [9.17, 15) is 9.59 Å². The Bertz CT molecular complexity index is 664. The third-order valence-electron chi connectivity index (χ3n) is 3.63. The van der Waals surface area contributed by atoms with E-state index in [1.165, 1.54) is 7.11 Å². The molecule has 0 spiro atoms. The van der Waals surface area contributed by atoms with Crippen LogP contribution in [0.4, 0.5) is 0 Å². The van der Waals surface area contributed by atoms with Crippen molar-refractivity contribution in [2.24, 2.45) is 5.92 Å². The van der Waals surface area contributed by atoms with Crippen molar-refractivity contribution in [3.63, 3.8) is 0 Å². The Hall–Kier alpha value is -2.37. The zero-order valence-electron chi connectivity index (χ0n) is 11.1. The van der Waals surface area contributed by atoms with Gasteiger partial charge in [0.25, 0.3) is 0 Å². The summed E-state index contributed by atoms with van der Waals surface area (Å²) in [4.78, 5) is 25.1. The van der Waals surface area contributed by atoms with Gasteiger partial charge in [-0.2, -0.15) is 5.10 Å². The van der Waals surface area contributed by atoms with E-state index in [1.807, 2.05) is 18.2 Å². The predicted octanol–water partition coefficient (Wildman–Crippen LogP) is 1.08. The SMILES string of the molecule is COC(=O)C1CC(=O)N(Cc2ccc3cn[nH]c3c2)C1. The van der Waals surface area contributed by atoms with E-state index < -0.39 is 0 Å². The Balaban J connectivity index is 1.74. The molecule has 1 amide bonds. The van der Waals surface area contributed by atoms with Gasteiger partial charge in [0, 0.05) is 24.9 Å². The van der Waals surface area contributed by atoms with Gasteiger partial charge in [-0.1, -0.05) is 12.1 Å². The second kappa shape index (κ2) is 4.96. The van der Waals surface area contributed by atoms with Crippen LogP contribution < -0.4 is 0 Å². The lowest BCUT2D eigenvalue weighted by Crippen LogP contribution is -2.26. The standard InChI is InChI=1S/C14H15N3O3/c1-20-14(19)11-5-13(18)17(8-11)7-9-2-3-10-6-15-16-12(10)4-9/h2-4,6,11H,5,7-8H2,1H3,(H,15,16). The minimum atomic E-state index is -0.344. The van der Waals surface area contributed by atoms with Crippen molar-refractivity contribution in [1.82, 2.24) is 15.1 Å². The molecule has 1 aromatic heterocycles. The topological polar surface area (TPSA) is 75.3 Å². The molecule has 1 fully saturated rings. The average Bonchev–Trinajstić information content (AvgIpc) is 3.05. The molecule has 1 aliphatic rings. The fraction of sp³-hybridized carbons (Fsp3) is 0.357. The van der Waals surface area contributed by atoms with Gasteiger partial charge in [0.1, 0.15) is 0 Å². The van der Waals surface area contributed by atoms with Crippen LogP contribution in [0, 0.1) is 5.92 Å². The number of hydrogen-bond acceptors (Lipinski definition) is 4. The summed E-state index contributed by atoms with van der Waals surface area (Å²) in [6.07, 6.45) is 1.99. The summed E-state index contributed by atoms with van der Waals surface area (Å²) in [6.45, 7) is 0.924. The molecule has 2 aromatic rings. The molecule has 3 rings (SSSR count). The summed E-state index contributed by atoms with van der Waals surface area (Å²) in [5.41, 5.74) is 1.96. The van der Waals surface area contributed by atoms with Gasteiger partial charge in [0.15, 0.2) is 0 Å². The number of hydrogen-bond donors (Lipinski definition) is 1. The molecule has 20 heavy (non-hydrogen) atoms. The maximum atomic E-state index is 11.9. The molecule has 0 saturated carbocycles. The van der Waals surface area contributed by atoms with Gasteiger partial charge in [0.2, 0.25) is 5.91 Å². The van der Waals surface area contributed by atoms with Crippen LogP contribution in [0.25, 0.3) is 10.9 Å². The van der Waals surface area contributed by atoms with Gasteiger partial charge in [-0.3, -0.25) is 14.7 Å². The maximum absolute atomic E-state index is 11.9. The molecule has 2 heterocycles. The molecule has 1 saturated heterocycles. The molecule has 0 aliphatic carbocycles. The number of fused-ring (bicyclic) bond motifs is 1. The number of carbonyl (C=O) groups is 2. The minimum absolute atomic E-state index is 0.00916. The molecule has 6 heteroatoms. The number of ether oxygens (including phenoxy) is 1. The Kier molecular flexibility index (Phi) is 3.14. The number of methoxy groups -OCH3 is 1. The lowest BCUT2D eigenvalue weighted by molar-refractivity contribution is -0.145. The first-order valence-electron chi connectivity index (χ1n) is 6.45. The molecular formula is C14H15N3O3. The number of aromatic amines is 1. The molecule has 1 N–H and O–H groups in total. The van der Waals surface area contributed by atoms with E-state index >= 15 is 0 Å². The first kappa shape index (κ1) is 12.7. The fourth-order valence-electron chi connectivity index (χ4n) is 2.55. The predicted molar refractivity (Wildman–Crippen MR) is 71.6 cm³/mol. The van der Waals surface area contributed by atoms with Crippen LogP contribution >= 0.6 is 0 Å². The average molecular weight is 273 g/mol. The van der Waals surface area contributed by atoms with Crippen LogP contribution in [0.15, 0.2) is 24.4 Å². The highest BCUT2D eigenvalue weighted by Crippen LogP contribution is 2.22. The summed E-state index contributed by atoms with van der Waals surface area (Å²) in [5.74, 6) is -0.668. The lowest BCUT2D eigenvalue weighted by atomic mass is 10.1. The van der Waals surface area contributed by atoms with E-state index in [1.54, 1.807) is 11.1 Å². The first-order valence-corrected chi connectivity index (χ1v) is 6.45. The van der Waals surface area contributed by atoms with E-state index in [0.29, 0.717) is 13.1 Å². The maximum Gasteiger partial charge on any atom is 0.310 e. The third kappa shape index (κ3) is 2.24. The van der Waals surface area contributed by atoms with Crippen LogP contribution in [0.1, 0.15) is 12.0 Å². The van der Waals surface area contributed by atoms with Gasteiger partial charge in [-0.05, 0) is 11.6 Å². The first-order chi connectivity index (χ1) is 9.67. The molecule has 1 atom stereocenters. The van der Waals surface area contributed by atoms with Crippen molar-refractivity contribution in [2.75, 3.05) is 13.7 Å². The molecular weight excluding hydrogens is 258 g/mol. The van der Waals surface area contributed by atoms with E-state index in [-0.39, 0.29) is 24.2 Å². The van der Waals surface area contributed by atoms with Gasteiger partial charge in [-0.25, -0.2) is 0 Å². The summed E-state index contributed by atoms with van der Waals surface area (Å²) >= 11 is 0. The fourth-order valence-corrected chi connectivity index (χ4v) is 2.55. The quantitative estimate of drug-likeness (QED) is 0.849. The van der Waals surface area contributed by atoms with Gasteiger partial charge in [0.05, 0.1) is 24.7 Å². The van der Waals surface area contributed by atoms with Crippen LogP contribution in [0.2, 0.25) is 0 Å². The second-order valence-electron chi connectivity index (χ2n) is 4.99. The summed E-state index contributed by atoms with van der Waals surface area (Å²) < 4.78 is 4.70. The van der Waals surface area contributed by atoms with Crippen LogP contribution in [0.5, 0.6) is 0 Å². The number of esters is 1. The molecule has 1 unspecified atom stereocenters. The number of nitrogens with zero attached hydrogens (tertiary/aromatic N) is 2. The van der Waals surface area contributed by atoms with Gasteiger partial charge >= 0.3 is 5.97 Å². The van der Waals surface area contributed by atoms with Crippen molar-refractivity contribution < 1.29 is 14.3 Å². The van der Waals surface area contributed by atoms with Crippen LogP contribution in [-0.4, -0.2) is 40.6 Å². The Morgan fingerprint density at radius 3 is 3.20 bits per heavy atom. The largest absolute Gasteiger partial charge is 0.469 e. The van der Waals surface area contributed by atoms with Crippen molar-refractivity contribution in [3.05, 3.63) is 30.0 Å². The normalized spacial score (nSPS) is 18.8. The summed E-state index contributed by atoms with van der Waals surface area (Å²) in [5, 5.41) is 7.91. The number of nitrogens with one attached hydrogen (secondary N) is 1. The van der Waals surface area contributed by atoms with Crippen molar-refractivity contribution >= 4 is 22.8 Å². The molecule has 1 aliphatic heterocycles. The summed E-state index contributed by atoms with van der Waals surface area (Å²) in [6, 6.07) is 5.91. The van der Waals surface area contributed by atoms with Crippen molar-refractivity contribution in [2.45, 2.75) is 13.0 Å². The number of H-pyrrole nitrogens is 1. The molecule has 1 aromatic carbocycles. The zero-order chi connectivity index (χ0) is 14.1. The number of rotatable bonds is 3. The van der Waals surface area contributed by atoms with Crippen LogP contribution in [0.3, 0.4) is 0 Å². The lowest BCUT2D eigenvalue weighted by Gasteiger charge is -2.16. The highest BCUT2D eigenvalue weighted by atomic mass is 16.5. The van der Waals surface area contributed by atoms with Crippen LogP contribution in [-0.2, 0) is 20.9 Å². The van der Waals surface area contributed by atoms with Crippen molar-refractivity contribution in [3.8, 4) is 0 Å². The molecule has 0 radical (unpaired) electrons. The van der Waals surface area contributed by atoms with E-state index in [4.69, 9.17) is 4.74 Å². The van der Waals surface area contributed by atoms with E-state index in [2.05, 4.69) is 10.2 Å². The number of likely N-dealkylation sites (tertiary alicyclic amines) is 1. The Morgan fingerprint density at radius 2 is 2.40 bits per heavy atom. The Morgan fingerprint density at radius 1 is 1.55 bits per heavy atom. The van der Waals surface area contributed by atoms with E-state index in [0.717, 1.165) is 16.5 Å². The third-order valence-corrected chi connectivity index (χ3v) is 3.63. The summed E-state index contributed by atoms with van der Waals surface area (Å²) in [7, 11) is 1.35. The number of carbonyl (C=O) groups excluding carboxylic acids is 2. The molecule has 0 bridgehead atoms. The molecule has 6 nitrogen and oxygen atoms in total. The second-order valence-corrected chi connectivity index (χ2v) is 4.99. The van der Waals surface area contributed by atoms with Gasteiger partial charge in [-0.15, -0.1) is 0 Å². The number of aromatic nitrogens is 2. The number of amides is 1. The minimum Gasteiger partial charge on any atom is -0.469 e. The zero-order valence-corrected chi connectivity index (χ0v) is 11.1. The highest BCUT2D eigenvalue weighted by molar-refractivity contribution is 5.87. The highest BCUT2D eigenvalue weighted by Gasteiger charge is 2.34. The number of benzene rings is 1. The van der Waals surface area contributed by atoms with Gasteiger partial charge < -0.3 is 9.64 Å². The van der Waals surface area contributed by atoms with Crippen molar-refractivity contribution in [1.29, 1.82) is 0 Å². The Labute approximate surface area is 115 Å². The smallest absolute Gasteiger partial charge is 0.310 e. The molecule has 104 valence electrons. The monoisotopic (exact) mass is 273 g/mol.